The highest BCUT2D eigenvalue weighted by Gasteiger charge is 2.24. The van der Waals surface area contributed by atoms with E-state index in [-0.39, 0.29) is 17.3 Å². The normalized spacial score (nSPS) is 11.4. The minimum absolute atomic E-state index is 0.0263. The molecule has 0 fully saturated rings. The van der Waals surface area contributed by atoms with Gasteiger partial charge in [0.25, 0.3) is 5.91 Å². The maximum Gasteiger partial charge on any atom is 0.253 e. The van der Waals surface area contributed by atoms with Crippen molar-refractivity contribution in [2.24, 2.45) is 0 Å². The molecule has 0 radical (unpaired) electrons. The molecule has 2 aromatic carbocycles. The molecule has 0 aromatic heterocycles. The molecule has 2 rings (SSSR count). The summed E-state index contributed by atoms with van der Waals surface area (Å²) >= 11 is 1.49. The molecule has 0 atom stereocenters. The third-order valence-electron chi connectivity index (χ3n) is 4.61. The van der Waals surface area contributed by atoms with E-state index in [1.165, 1.54) is 43.1 Å². The highest BCUT2D eigenvalue weighted by molar-refractivity contribution is 7.98. The lowest BCUT2D eigenvalue weighted by atomic mass is 10.2. The number of hydrogen-bond donors (Lipinski definition) is 1. The van der Waals surface area contributed by atoms with E-state index in [9.17, 15) is 18.0 Å². The Hall–Kier alpha value is -2.36. The summed E-state index contributed by atoms with van der Waals surface area (Å²) in [6.45, 7) is 4.60. The van der Waals surface area contributed by atoms with Crippen molar-refractivity contribution in [3.05, 3.63) is 54.1 Å². The number of anilines is 1. The van der Waals surface area contributed by atoms with E-state index >= 15 is 0 Å². The highest BCUT2D eigenvalue weighted by atomic mass is 32.2. The Morgan fingerprint density at radius 3 is 2.17 bits per heavy atom. The van der Waals surface area contributed by atoms with Crippen molar-refractivity contribution in [3.8, 4) is 0 Å². The minimum atomic E-state index is -3.87. The molecule has 0 unspecified atom stereocenters. The molecule has 0 saturated heterocycles. The first kappa shape index (κ1) is 23.9. The van der Waals surface area contributed by atoms with E-state index in [2.05, 4.69) is 5.32 Å². The molecule has 30 heavy (non-hydrogen) atoms. The molecule has 0 spiro atoms. The number of amides is 2. The van der Waals surface area contributed by atoms with Gasteiger partial charge in [-0.25, -0.2) is 8.42 Å². The van der Waals surface area contributed by atoms with E-state index < -0.39 is 15.9 Å². The van der Waals surface area contributed by atoms with Gasteiger partial charge in [0.1, 0.15) is 0 Å². The zero-order chi connectivity index (χ0) is 22.3. The number of para-hydroxylation sites is 1. The van der Waals surface area contributed by atoms with Crippen LogP contribution in [0.3, 0.4) is 0 Å². The topological polar surface area (TPSA) is 86.8 Å². The van der Waals surface area contributed by atoms with Crippen LogP contribution in [0.5, 0.6) is 0 Å². The van der Waals surface area contributed by atoms with Crippen LogP contribution in [-0.4, -0.2) is 62.4 Å². The van der Waals surface area contributed by atoms with Crippen LogP contribution in [-0.2, 0) is 14.8 Å². The van der Waals surface area contributed by atoms with Gasteiger partial charge >= 0.3 is 0 Å². The van der Waals surface area contributed by atoms with Crippen LogP contribution >= 0.6 is 11.8 Å². The first-order valence-electron chi connectivity index (χ1n) is 9.53. The summed E-state index contributed by atoms with van der Waals surface area (Å²) in [7, 11) is -2.52. The number of thioether (sulfide) groups is 1. The zero-order valence-electron chi connectivity index (χ0n) is 17.6. The molecule has 0 aliphatic heterocycles. The van der Waals surface area contributed by atoms with Crippen LogP contribution in [0.25, 0.3) is 0 Å². The van der Waals surface area contributed by atoms with Crippen molar-refractivity contribution in [2.75, 3.05) is 38.3 Å². The Labute approximate surface area is 182 Å². The number of carbonyl (C=O) groups excluding carboxylic acids is 2. The first-order chi connectivity index (χ1) is 14.2. The van der Waals surface area contributed by atoms with Gasteiger partial charge < -0.3 is 10.2 Å². The molecule has 9 heteroatoms. The van der Waals surface area contributed by atoms with Gasteiger partial charge in [-0.05, 0) is 56.5 Å². The first-order valence-corrected chi connectivity index (χ1v) is 12.2. The fourth-order valence-corrected chi connectivity index (χ4v) is 4.55. The Balaban J connectivity index is 2.10. The largest absolute Gasteiger partial charge is 0.339 e. The molecule has 0 saturated carbocycles. The molecule has 7 nitrogen and oxygen atoms in total. The van der Waals surface area contributed by atoms with Crippen LogP contribution < -0.4 is 5.32 Å². The van der Waals surface area contributed by atoms with Gasteiger partial charge in [-0.1, -0.05) is 12.1 Å². The molecule has 162 valence electrons. The molecule has 2 aromatic rings. The number of likely N-dealkylation sites (N-methyl/N-ethyl adjacent to an activating group) is 1. The van der Waals surface area contributed by atoms with Crippen molar-refractivity contribution in [3.63, 3.8) is 0 Å². The van der Waals surface area contributed by atoms with Gasteiger partial charge in [0.15, 0.2) is 0 Å². The lowest BCUT2D eigenvalue weighted by Gasteiger charge is -2.19. The third-order valence-corrected chi connectivity index (χ3v) is 7.22. The van der Waals surface area contributed by atoms with Crippen molar-refractivity contribution in [1.82, 2.24) is 9.21 Å². The average Bonchev–Trinajstić information content (AvgIpc) is 2.74. The van der Waals surface area contributed by atoms with E-state index in [0.717, 1.165) is 9.20 Å². The number of benzene rings is 2. The maximum absolute atomic E-state index is 12.8. The average molecular weight is 450 g/mol. The summed E-state index contributed by atoms with van der Waals surface area (Å²) in [5.41, 5.74) is 1.06. The second-order valence-corrected chi connectivity index (χ2v) is 9.40. The summed E-state index contributed by atoms with van der Waals surface area (Å²) < 4.78 is 26.6. The number of hydrogen-bond acceptors (Lipinski definition) is 5. The Kier molecular flexibility index (Phi) is 8.45. The number of nitrogens with one attached hydrogen (secondary N) is 1. The molecule has 0 aliphatic rings. The zero-order valence-corrected chi connectivity index (χ0v) is 19.2. The second kappa shape index (κ2) is 10.6. The molecule has 0 aliphatic carbocycles. The number of nitrogens with zero attached hydrogens (tertiary/aromatic N) is 2. The summed E-state index contributed by atoms with van der Waals surface area (Å²) in [6, 6.07) is 13.1. The quantitative estimate of drug-likeness (QED) is 0.595. The van der Waals surface area contributed by atoms with Crippen molar-refractivity contribution in [2.45, 2.75) is 23.6 Å². The highest BCUT2D eigenvalue weighted by Crippen LogP contribution is 2.24. The lowest BCUT2D eigenvalue weighted by molar-refractivity contribution is -0.116. The Morgan fingerprint density at radius 1 is 1.00 bits per heavy atom. The van der Waals surface area contributed by atoms with Crippen LogP contribution in [0.15, 0.2) is 58.3 Å². The lowest BCUT2D eigenvalue weighted by Crippen LogP contribution is -2.35. The molecular weight excluding hydrogens is 422 g/mol. The van der Waals surface area contributed by atoms with Crippen molar-refractivity contribution >= 4 is 39.3 Å². The SMILES string of the molecule is CCN(CC)C(=O)c1ccc(S(=O)(=O)N(C)CC(=O)Nc2ccccc2SC)cc1. The predicted octanol–water partition coefficient (Wildman–Crippen LogP) is 3.15. The molecule has 0 heterocycles. The monoisotopic (exact) mass is 449 g/mol. The number of sulfonamides is 1. The van der Waals surface area contributed by atoms with E-state index in [0.29, 0.717) is 24.3 Å². The van der Waals surface area contributed by atoms with Gasteiger partial charge in [0.05, 0.1) is 17.1 Å². The Morgan fingerprint density at radius 2 is 1.60 bits per heavy atom. The van der Waals surface area contributed by atoms with Gasteiger partial charge in [-0.15, -0.1) is 11.8 Å². The summed E-state index contributed by atoms with van der Waals surface area (Å²) in [5.74, 6) is -0.583. The molecule has 0 bridgehead atoms. The fourth-order valence-electron chi connectivity index (χ4n) is 2.87. The van der Waals surface area contributed by atoms with Crippen LogP contribution in [0.4, 0.5) is 5.69 Å². The molecule has 2 amide bonds. The van der Waals surface area contributed by atoms with Crippen molar-refractivity contribution in [1.29, 1.82) is 0 Å². The van der Waals surface area contributed by atoms with Crippen LogP contribution in [0, 0.1) is 0 Å². The van der Waals surface area contributed by atoms with Gasteiger partial charge in [-0.3, -0.25) is 9.59 Å². The Bertz CT molecular complexity index is 988. The fraction of sp³-hybridized carbons (Fsp3) is 0.333. The van der Waals surface area contributed by atoms with E-state index in [1.54, 1.807) is 17.0 Å². The summed E-state index contributed by atoms with van der Waals surface area (Å²) in [6.07, 6.45) is 1.90. The van der Waals surface area contributed by atoms with Crippen LogP contribution in [0.2, 0.25) is 0 Å². The van der Waals surface area contributed by atoms with Gasteiger partial charge in [0.2, 0.25) is 15.9 Å². The van der Waals surface area contributed by atoms with Crippen molar-refractivity contribution < 1.29 is 18.0 Å². The number of rotatable bonds is 9. The van der Waals surface area contributed by atoms with E-state index in [4.69, 9.17) is 0 Å². The third kappa shape index (κ3) is 5.62. The van der Waals surface area contributed by atoms with E-state index in [1.807, 2.05) is 32.2 Å². The minimum Gasteiger partial charge on any atom is -0.339 e. The summed E-state index contributed by atoms with van der Waals surface area (Å²) in [4.78, 5) is 27.3. The predicted molar refractivity (Wildman–Crippen MR) is 120 cm³/mol. The van der Waals surface area contributed by atoms with Gasteiger partial charge in [-0.2, -0.15) is 4.31 Å². The number of carbonyl (C=O) groups is 2. The molecular formula is C21H27N3O4S2. The standard InChI is InChI=1S/C21H27N3O4S2/c1-5-24(6-2)21(26)16-11-13-17(14-12-16)30(27,28)23(3)15-20(25)22-18-9-7-8-10-19(18)29-4/h7-14H,5-6,15H2,1-4H3,(H,22,25). The van der Waals surface area contributed by atoms with Crippen LogP contribution in [0.1, 0.15) is 24.2 Å². The smallest absolute Gasteiger partial charge is 0.253 e. The maximum atomic E-state index is 12.8. The van der Waals surface area contributed by atoms with Gasteiger partial charge in [0, 0.05) is 30.6 Å². The second-order valence-electron chi connectivity index (χ2n) is 6.51. The summed E-state index contributed by atoms with van der Waals surface area (Å²) in [5, 5.41) is 2.75. The molecule has 1 N–H and O–H groups in total.